The van der Waals surface area contributed by atoms with Crippen LogP contribution in [-0.2, 0) is 10.0 Å². The van der Waals surface area contributed by atoms with Crippen molar-refractivity contribution >= 4 is 33.1 Å². The summed E-state index contributed by atoms with van der Waals surface area (Å²) in [5.41, 5.74) is 1.23. The lowest BCUT2D eigenvalue weighted by molar-refractivity contribution is 0.0713. The number of nitrogens with zero attached hydrogens (tertiary/aromatic N) is 3. The van der Waals surface area contributed by atoms with Crippen LogP contribution in [0, 0.1) is 18.6 Å². The van der Waals surface area contributed by atoms with Crippen molar-refractivity contribution in [2.45, 2.75) is 30.7 Å². The van der Waals surface area contributed by atoms with Gasteiger partial charge in [-0.3, -0.25) is 9.52 Å². The van der Waals surface area contributed by atoms with Gasteiger partial charge < -0.3 is 19.5 Å². The third kappa shape index (κ3) is 5.99. The Morgan fingerprint density at radius 2 is 1.83 bits per heavy atom. The first-order valence-corrected chi connectivity index (χ1v) is 14.2. The van der Waals surface area contributed by atoms with Crippen LogP contribution in [0.15, 0.2) is 70.5 Å². The average molecular weight is 584 g/mol. The van der Waals surface area contributed by atoms with E-state index in [1.165, 1.54) is 62.9 Å². The van der Waals surface area contributed by atoms with Crippen molar-refractivity contribution in [3.05, 3.63) is 89.3 Å². The Kier molecular flexibility index (Phi) is 7.88. The summed E-state index contributed by atoms with van der Waals surface area (Å²) < 4.78 is 66.7. The van der Waals surface area contributed by atoms with E-state index in [9.17, 15) is 22.0 Å². The second-order valence-electron chi connectivity index (χ2n) is 9.56. The molecule has 1 aliphatic heterocycles. The van der Waals surface area contributed by atoms with Crippen molar-refractivity contribution in [1.82, 2.24) is 15.0 Å². The second-order valence-corrected chi connectivity index (χ2v) is 11.2. The number of sulfonamides is 1. The van der Waals surface area contributed by atoms with Crippen LogP contribution in [0.5, 0.6) is 5.75 Å². The predicted octanol–water partition coefficient (Wildman–Crippen LogP) is 5.23. The number of pyridine rings is 1. The summed E-state index contributed by atoms with van der Waals surface area (Å²) in [6.07, 6.45) is 3.69. The first-order valence-electron chi connectivity index (χ1n) is 12.7. The molecule has 10 nitrogen and oxygen atoms in total. The molecular weight excluding hydrogens is 556 g/mol. The van der Waals surface area contributed by atoms with Gasteiger partial charge in [-0.2, -0.15) is 8.42 Å². The number of piperidine rings is 1. The summed E-state index contributed by atoms with van der Waals surface area (Å²) in [6.45, 7) is 2.31. The third-order valence-electron chi connectivity index (χ3n) is 6.99. The van der Waals surface area contributed by atoms with Gasteiger partial charge in [0.25, 0.3) is 15.9 Å². The van der Waals surface area contributed by atoms with E-state index in [-0.39, 0.29) is 45.1 Å². The van der Waals surface area contributed by atoms with Crippen LogP contribution in [-0.4, -0.2) is 49.6 Å². The zero-order valence-electron chi connectivity index (χ0n) is 22.2. The zero-order chi connectivity index (χ0) is 29.1. The highest BCUT2D eigenvalue weighted by Gasteiger charge is 2.30. The molecule has 13 heteroatoms. The van der Waals surface area contributed by atoms with Gasteiger partial charge in [-0.25, -0.2) is 13.8 Å². The number of carbonyl (C=O) groups excluding carboxylic acids is 1. The highest BCUT2D eigenvalue weighted by molar-refractivity contribution is 7.92. The van der Waals surface area contributed by atoms with Crippen molar-refractivity contribution in [2.24, 2.45) is 0 Å². The Bertz CT molecular complexity index is 1660. The molecule has 2 N–H and O–H groups in total. The Morgan fingerprint density at radius 1 is 1.10 bits per heavy atom. The molecule has 0 bridgehead atoms. The maximum atomic E-state index is 14.8. The van der Waals surface area contributed by atoms with Crippen LogP contribution in [0.3, 0.4) is 0 Å². The van der Waals surface area contributed by atoms with Gasteiger partial charge in [-0.05, 0) is 55.5 Å². The van der Waals surface area contributed by atoms with Gasteiger partial charge in [0.05, 0.1) is 24.0 Å². The van der Waals surface area contributed by atoms with E-state index < -0.39 is 21.7 Å². The van der Waals surface area contributed by atoms with Crippen molar-refractivity contribution in [1.29, 1.82) is 0 Å². The van der Waals surface area contributed by atoms with Gasteiger partial charge in [-0.15, -0.1) is 0 Å². The van der Waals surface area contributed by atoms with Crippen molar-refractivity contribution < 1.29 is 31.3 Å². The van der Waals surface area contributed by atoms with Gasteiger partial charge in [0.2, 0.25) is 0 Å². The van der Waals surface area contributed by atoms with E-state index in [1.807, 2.05) is 0 Å². The van der Waals surface area contributed by atoms with Crippen LogP contribution < -0.4 is 14.8 Å². The Balaban J connectivity index is 1.48. The Labute approximate surface area is 235 Å². The second kappa shape index (κ2) is 11.5. The molecular formula is C28H27F2N5O5S. The summed E-state index contributed by atoms with van der Waals surface area (Å²) in [4.78, 5) is 19.5. The van der Waals surface area contributed by atoms with Gasteiger partial charge >= 0.3 is 0 Å². The summed E-state index contributed by atoms with van der Waals surface area (Å²) in [5, 5.41) is 6.10. The van der Waals surface area contributed by atoms with Gasteiger partial charge in [0.15, 0.2) is 10.8 Å². The van der Waals surface area contributed by atoms with Gasteiger partial charge in [-0.1, -0.05) is 17.3 Å². The highest BCUT2D eigenvalue weighted by atomic mass is 32.2. The van der Waals surface area contributed by atoms with E-state index in [0.717, 1.165) is 5.56 Å². The fraction of sp³-hybridized carbons (Fsp3) is 0.250. The lowest BCUT2D eigenvalue weighted by Crippen LogP contribution is -2.38. The number of likely N-dealkylation sites (tertiary alicyclic amines) is 1. The maximum Gasteiger partial charge on any atom is 0.280 e. The molecule has 0 unspecified atom stereocenters. The van der Waals surface area contributed by atoms with E-state index in [2.05, 4.69) is 20.2 Å². The number of anilines is 3. The number of hydrogen-bond donors (Lipinski definition) is 2. The van der Waals surface area contributed by atoms with Crippen molar-refractivity contribution in [2.75, 3.05) is 30.2 Å². The van der Waals surface area contributed by atoms with E-state index >= 15 is 0 Å². The van der Waals surface area contributed by atoms with Crippen LogP contribution in [0.1, 0.15) is 40.2 Å². The van der Waals surface area contributed by atoms with E-state index in [4.69, 9.17) is 9.26 Å². The summed E-state index contributed by atoms with van der Waals surface area (Å²) in [7, 11) is -2.82. The number of halogens is 2. The smallest absolute Gasteiger partial charge is 0.280 e. The predicted molar refractivity (Wildman–Crippen MR) is 147 cm³/mol. The molecule has 41 heavy (non-hydrogen) atoms. The standard InChI is InChI=1S/C28H27F2N5O5S/c1-17-26(32-24-15-21(39-2)7-8-23(24)30)22(16-31-27(17)41(37,38)34-25-11-14-40-33-25)28(36)35-12-9-19(10-13-35)18-3-5-20(29)6-4-18/h3-8,11,14-16,19H,9-10,12-13H2,1-2H3,(H,31,32)(H,33,34). The minimum absolute atomic E-state index is 0.0180. The molecule has 0 radical (unpaired) electrons. The zero-order valence-corrected chi connectivity index (χ0v) is 23.0. The number of ether oxygens (including phenoxy) is 1. The first kappa shape index (κ1) is 28.0. The van der Waals surface area contributed by atoms with Gasteiger partial charge in [0, 0.05) is 37.0 Å². The van der Waals surface area contributed by atoms with Crippen LogP contribution in [0.4, 0.5) is 26.0 Å². The normalized spacial score (nSPS) is 14.1. The molecule has 2 aromatic carbocycles. The molecule has 5 rings (SSSR count). The number of methoxy groups -OCH3 is 1. The van der Waals surface area contributed by atoms with E-state index in [1.54, 1.807) is 17.0 Å². The van der Waals surface area contributed by atoms with Crippen LogP contribution in [0.2, 0.25) is 0 Å². The molecule has 2 aromatic heterocycles. The number of benzene rings is 2. The Morgan fingerprint density at radius 3 is 2.49 bits per heavy atom. The molecule has 4 aromatic rings. The number of aromatic nitrogens is 2. The van der Waals surface area contributed by atoms with E-state index in [0.29, 0.717) is 31.7 Å². The molecule has 1 amide bonds. The van der Waals surface area contributed by atoms with Crippen molar-refractivity contribution in [3.63, 3.8) is 0 Å². The lowest BCUT2D eigenvalue weighted by atomic mass is 9.89. The number of hydrogen-bond acceptors (Lipinski definition) is 8. The molecule has 214 valence electrons. The number of nitrogens with one attached hydrogen (secondary N) is 2. The largest absolute Gasteiger partial charge is 0.497 e. The SMILES string of the molecule is COc1ccc(F)c(Nc2c(C(=O)N3CCC(c4ccc(F)cc4)CC3)cnc(S(=O)(=O)Nc3ccon3)c2C)c1. The molecule has 0 saturated carbocycles. The molecule has 1 fully saturated rings. The minimum atomic E-state index is -4.25. The quantitative estimate of drug-likeness (QED) is 0.289. The summed E-state index contributed by atoms with van der Waals surface area (Å²) in [5.74, 6) is -0.861. The van der Waals surface area contributed by atoms with Crippen LogP contribution in [0.25, 0.3) is 0 Å². The topological polar surface area (TPSA) is 127 Å². The monoisotopic (exact) mass is 583 g/mol. The highest BCUT2D eigenvalue weighted by Crippen LogP contribution is 2.34. The summed E-state index contributed by atoms with van der Waals surface area (Å²) in [6, 6.07) is 11.7. The van der Waals surface area contributed by atoms with Gasteiger partial charge in [0.1, 0.15) is 23.6 Å². The minimum Gasteiger partial charge on any atom is -0.497 e. The maximum absolute atomic E-state index is 14.8. The molecule has 0 spiro atoms. The fourth-order valence-electron chi connectivity index (χ4n) is 4.82. The molecule has 3 heterocycles. The number of amides is 1. The molecule has 1 saturated heterocycles. The number of carbonyl (C=O) groups is 1. The molecule has 0 aliphatic carbocycles. The average Bonchev–Trinajstić information content (AvgIpc) is 3.47. The lowest BCUT2D eigenvalue weighted by Gasteiger charge is -2.33. The molecule has 0 atom stereocenters. The van der Waals surface area contributed by atoms with Crippen LogP contribution >= 0.6 is 0 Å². The third-order valence-corrected chi connectivity index (χ3v) is 8.39. The number of rotatable bonds is 8. The fourth-order valence-corrected chi connectivity index (χ4v) is 6.00. The first-order chi connectivity index (χ1) is 19.7. The Hall–Kier alpha value is -4.52. The van der Waals surface area contributed by atoms with Crippen molar-refractivity contribution in [3.8, 4) is 5.75 Å². The summed E-state index contributed by atoms with van der Waals surface area (Å²) >= 11 is 0. The molecule has 1 aliphatic rings.